The Morgan fingerprint density at radius 2 is 1.82 bits per heavy atom. The zero-order valence-electron chi connectivity index (χ0n) is 18.0. The number of guanidine groups is 1. The molecule has 1 aliphatic rings. The number of rotatable bonds is 8. The van der Waals surface area contributed by atoms with Crippen molar-refractivity contribution in [2.24, 2.45) is 4.99 Å². The molecule has 0 unspecified atom stereocenters. The van der Waals surface area contributed by atoms with Crippen LogP contribution in [0.25, 0.3) is 0 Å². The highest BCUT2D eigenvalue weighted by atomic mass is 127. The normalized spacial score (nSPS) is 15.5. The standard InChI is InChI=1S/C21H36N4O2.HI/c1-21(2,25-13-7-6-8-14-25)16-24-20(22-3)23-12-11-17-15-18(26-4)9-10-19(17)27-5;/h9-10,15H,6-8,11-14,16H2,1-5H3,(H2,22,23,24);1H. The van der Waals surface area contributed by atoms with Gasteiger partial charge in [-0.05, 0) is 70.0 Å². The van der Waals surface area contributed by atoms with E-state index in [9.17, 15) is 0 Å². The Balaban J connectivity index is 0.00000392. The first-order chi connectivity index (χ1) is 13.0. The lowest BCUT2D eigenvalue weighted by Gasteiger charge is -2.41. The third kappa shape index (κ3) is 7.31. The largest absolute Gasteiger partial charge is 0.497 e. The van der Waals surface area contributed by atoms with Gasteiger partial charge in [-0.3, -0.25) is 9.89 Å². The molecule has 160 valence electrons. The second-order valence-corrected chi connectivity index (χ2v) is 7.64. The number of nitrogens with one attached hydrogen (secondary N) is 2. The molecule has 0 saturated carbocycles. The van der Waals surface area contributed by atoms with Gasteiger partial charge in [0.15, 0.2) is 5.96 Å². The van der Waals surface area contributed by atoms with E-state index in [-0.39, 0.29) is 29.5 Å². The van der Waals surface area contributed by atoms with Crippen molar-refractivity contribution in [1.82, 2.24) is 15.5 Å². The van der Waals surface area contributed by atoms with Crippen molar-refractivity contribution < 1.29 is 9.47 Å². The third-order valence-corrected chi connectivity index (χ3v) is 5.30. The molecule has 1 aromatic carbocycles. The van der Waals surface area contributed by atoms with Crippen LogP contribution in [0.3, 0.4) is 0 Å². The molecule has 2 N–H and O–H groups in total. The van der Waals surface area contributed by atoms with Crippen LogP contribution in [0, 0.1) is 0 Å². The fourth-order valence-corrected chi connectivity index (χ4v) is 3.52. The lowest BCUT2D eigenvalue weighted by Crippen LogP contribution is -2.55. The van der Waals surface area contributed by atoms with E-state index >= 15 is 0 Å². The van der Waals surface area contributed by atoms with Gasteiger partial charge in [-0.15, -0.1) is 24.0 Å². The summed E-state index contributed by atoms with van der Waals surface area (Å²) in [5.41, 5.74) is 1.24. The monoisotopic (exact) mass is 504 g/mol. The van der Waals surface area contributed by atoms with Gasteiger partial charge >= 0.3 is 0 Å². The van der Waals surface area contributed by atoms with Crippen molar-refractivity contribution in [3.63, 3.8) is 0 Å². The van der Waals surface area contributed by atoms with Crippen LogP contribution < -0.4 is 20.1 Å². The molecule has 6 nitrogen and oxygen atoms in total. The van der Waals surface area contributed by atoms with E-state index in [1.165, 1.54) is 32.4 Å². The molecule has 1 saturated heterocycles. The molecule has 0 bridgehead atoms. The van der Waals surface area contributed by atoms with E-state index in [1.54, 1.807) is 14.2 Å². The fourth-order valence-electron chi connectivity index (χ4n) is 3.52. The van der Waals surface area contributed by atoms with Gasteiger partial charge in [0.25, 0.3) is 0 Å². The molecule has 1 aliphatic heterocycles. The molecular formula is C21H37IN4O2. The predicted octanol–water partition coefficient (Wildman–Crippen LogP) is 3.29. The molecule has 0 amide bonds. The second kappa shape index (κ2) is 12.4. The smallest absolute Gasteiger partial charge is 0.191 e. The molecule has 0 aromatic heterocycles. The average molecular weight is 504 g/mol. The summed E-state index contributed by atoms with van der Waals surface area (Å²) in [5, 5.41) is 6.89. The summed E-state index contributed by atoms with van der Waals surface area (Å²) >= 11 is 0. The second-order valence-electron chi connectivity index (χ2n) is 7.64. The van der Waals surface area contributed by atoms with Gasteiger partial charge in [0, 0.05) is 25.7 Å². The number of aliphatic imine (C=N–C) groups is 1. The fraction of sp³-hybridized carbons (Fsp3) is 0.667. The van der Waals surface area contributed by atoms with Crippen molar-refractivity contribution in [2.45, 2.75) is 45.1 Å². The molecule has 0 spiro atoms. The molecule has 7 heteroatoms. The van der Waals surface area contributed by atoms with Gasteiger partial charge in [0.2, 0.25) is 0 Å². The predicted molar refractivity (Wildman–Crippen MR) is 128 cm³/mol. The SMILES string of the molecule is CN=C(NCCc1cc(OC)ccc1OC)NCC(C)(C)N1CCCCC1.I. The van der Waals surface area contributed by atoms with Gasteiger partial charge in [0.1, 0.15) is 11.5 Å². The molecule has 0 radical (unpaired) electrons. The van der Waals surface area contributed by atoms with Crippen LogP contribution in [-0.4, -0.2) is 63.8 Å². The quantitative estimate of drug-likeness (QED) is 0.323. The van der Waals surface area contributed by atoms with Crippen LogP contribution in [0.4, 0.5) is 0 Å². The van der Waals surface area contributed by atoms with E-state index in [0.29, 0.717) is 0 Å². The minimum absolute atomic E-state index is 0. The van der Waals surface area contributed by atoms with Gasteiger partial charge < -0.3 is 20.1 Å². The van der Waals surface area contributed by atoms with Gasteiger partial charge in [-0.2, -0.15) is 0 Å². The number of hydrogen-bond donors (Lipinski definition) is 2. The first-order valence-corrected chi connectivity index (χ1v) is 9.90. The van der Waals surface area contributed by atoms with Crippen molar-refractivity contribution in [2.75, 3.05) is 47.4 Å². The van der Waals surface area contributed by atoms with Crippen molar-refractivity contribution in [1.29, 1.82) is 0 Å². The molecule has 1 heterocycles. The maximum Gasteiger partial charge on any atom is 0.191 e. The minimum atomic E-state index is 0. The minimum Gasteiger partial charge on any atom is -0.497 e. The average Bonchev–Trinajstić information content (AvgIpc) is 2.71. The van der Waals surface area contributed by atoms with Gasteiger partial charge in [0.05, 0.1) is 14.2 Å². The number of ether oxygens (including phenoxy) is 2. The molecular weight excluding hydrogens is 467 g/mol. The Kier molecular flexibility index (Phi) is 11.0. The lowest BCUT2D eigenvalue weighted by atomic mass is 9.98. The zero-order chi connectivity index (χ0) is 19.7. The first-order valence-electron chi connectivity index (χ1n) is 9.90. The number of methoxy groups -OCH3 is 2. The summed E-state index contributed by atoms with van der Waals surface area (Å²) < 4.78 is 10.8. The highest BCUT2D eigenvalue weighted by Gasteiger charge is 2.27. The molecule has 28 heavy (non-hydrogen) atoms. The first kappa shape index (κ1) is 24.8. The number of hydrogen-bond acceptors (Lipinski definition) is 4. The van der Waals surface area contributed by atoms with Gasteiger partial charge in [-0.25, -0.2) is 0 Å². The van der Waals surface area contributed by atoms with Crippen LogP contribution in [0.15, 0.2) is 23.2 Å². The lowest BCUT2D eigenvalue weighted by molar-refractivity contribution is 0.0982. The molecule has 1 fully saturated rings. The summed E-state index contributed by atoms with van der Waals surface area (Å²) in [6.45, 7) is 8.63. The Hall–Kier alpha value is -1.22. The zero-order valence-corrected chi connectivity index (χ0v) is 20.3. The van der Waals surface area contributed by atoms with Crippen LogP contribution >= 0.6 is 24.0 Å². The highest BCUT2D eigenvalue weighted by Crippen LogP contribution is 2.24. The maximum atomic E-state index is 5.45. The summed E-state index contributed by atoms with van der Waals surface area (Å²) in [6, 6.07) is 5.89. The van der Waals surface area contributed by atoms with Crippen molar-refractivity contribution in [3.05, 3.63) is 23.8 Å². The van der Waals surface area contributed by atoms with Crippen molar-refractivity contribution >= 4 is 29.9 Å². The van der Waals surface area contributed by atoms with Crippen LogP contribution in [-0.2, 0) is 6.42 Å². The summed E-state index contributed by atoms with van der Waals surface area (Å²) in [5.74, 6) is 2.56. The number of piperidine rings is 1. The van der Waals surface area contributed by atoms with Gasteiger partial charge in [-0.1, -0.05) is 6.42 Å². The Labute approximate surface area is 187 Å². The van der Waals surface area contributed by atoms with Crippen molar-refractivity contribution in [3.8, 4) is 11.5 Å². The maximum absolute atomic E-state index is 5.45. The molecule has 2 rings (SSSR count). The Bertz CT molecular complexity index is 616. The highest BCUT2D eigenvalue weighted by molar-refractivity contribution is 14.0. The van der Waals surface area contributed by atoms with E-state index < -0.39 is 0 Å². The molecule has 1 aromatic rings. The van der Waals surface area contributed by atoms with E-state index in [2.05, 4.69) is 34.4 Å². The number of likely N-dealkylation sites (tertiary alicyclic amines) is 1. The van der Waals surface area contributed by atoms with E-state index in [4.69, 9.17) is 9.47 Å². The summed E-state index contributed by atoms with van der Waals surface area (Å²) in [7, 11) is 5.19. The number of halogens is 1. The molecule has 0 atom stereocenters. The summed E-state index contributed by atoms with van der Waals surface area (Å²) in [6.07, 6.45) is 4.80. The van der Waals surface area contributed by atoms with Crippen LogP contribution in [0.5, 0.6) is 11.5 Å². The number of nitrogens with zero attached hydrogens (tertiary/aromatic N) is 2. The number of benzene rings is 1. The van der Waals surface area contributed by atoms with Crippen LogP contribution in [0.1, 0.15) is 38.7 Å². The topological polar surface area (TPSA) is 58.1 Å². The van der Waals surface area contributed by atoms with E-state index in [1.807, 2.05) is 25.2 Å². The Morgan fingerprint density at radius 1 is 1.11 bits per heavy atom. The molecule has 0 aliphatic carbocycles. The van der Waals surface area contributed by atoms with E-state index in [0.717, 1.165) is 42.5 Å². The Morgan fingerprint density at radius 3 is 2.43 bits per heavy atom. The third-order valence-electron chi connectivity index (χ3n) is 5.30. The van der Waals surface area contributed by atoms with Crippen LogP contribution in [0.2, 0.25) is 0 Å². The summed E-state index contributed by atoms with van der Waals surface area (Å²) in [4.78, 5) is 6.94.